The fourth-order valence-corrected chi connectivity index (χ4v) is 4.03. The van der Waals surface area contributed by atoms with E-state index in [4.69, 9.17) is 4.98 Å². The van der Waals surface area contributed by atoms with Crippen molar-refractivity contribution in [2.45, 2.75) is 64.1 Å². The second kappa shape index (κ2) is 7.23. The summed E-state index contributed by atoms with van der Waals surface area (Å²) >= 11 is 0. The van der Waals surface area contributed by atoms with E-state index >= 15 is 0 Å². The average Bonchev–Trinajstić information content (AvgIpc) is 3.08. The van der Waals surface area contributed by atoms with Gasteiger partial charge in [0, 0.05) is 18.8 Å². The molecule has 1 aliphatic heterocycles. The third-order valence-corrected chi connectivity index (χ3v) is 5.57. The molecule has 4 rings (SSSR count). The van der Waals surface area contributed by atoms with Crippen LogP contribution in [0, 0.1) is 5.92 Å². The third kappa shape index (κ3) is 3.40. The molecule has 2 aromatic heterocycles. The second-order valence-corrected chi connectivity index (χ2v) is 7.79. The summed E-state index contributed by atoms with van der Waals surface area (Å²) in [5.41, 5.74) is 1.91. The second-order valence-electron chi connectivity index (χ2n) is 7.79. The van der Waals surface area contributed by atoms with Gasteiger partial charge in [0.05, 0.1) is 29.6 Å². The van der Waals surface area contributed by atoms with Crippen LogP contribution in [0.1, 0.15) is 52.0 Å². The van der Waals surface area contributed by atoms with E-state index in [1.165, 1.54) is 0 Å². The Kier molecular flexibility index (Phi) is 4.80. The molecule has 1 atom stereocenters. The summed E-state index contributed by atoms with van der Waals surface area (Å²) in [6.45, 7) is 5.45. The Hall–Kier alpha value is -2.15. The highest BCUT2D eigenvalue weighted by Gasteiger charge is 2.26. The molecule has 3 N–H and O–H groups in total. The zero-order valence-corrected chi connectivity index (χ0v) is 15.5. The highest BCUT2D eigenvalue weighted by molar-refractivity contribution is 5.73. The van der Waals surface area contributed by atoms with E-state index in [0.717, 1.165) is 55.7 Å². The monoisotopic (exact) mass is 356 g/mol. The Labute approximate surface area is 154 Å². The quantitative estimate of drug-likeness (QED) is 0.780. The number of rotatable bonds is 4. The Morgan fingerprint density at radius 2 is 2.04 bits per heavy atom. The summed E-state index contributed by atoms with van der Waals surface area (Å²) in [6, 6.07) is 2.69. The van der Waals surface area contributed by atoms with Gasteiger partial charge in [-0.2, -0.15) is 5.10 Å². The van der Waals surface area contributed by atoms with Crippen LogP contribution in [0.2, 0.25) is 0 Å². The molecule has 0 radical (unpaired) electrons. The van der Waals surface area contributed by atoms with Gasteiger partial charge in [-0.25, -0.2) is 14.6 Å². The number of aliphatic hydroxyl groups is 1. The largest absolute Gasteiger partial charge is 0.393 e. The van der Waals surface area contributed by atoms with Crippen molar-refractivity contribution in [1.29, 1.82) is 0 Å². The smallest absolute Gasteiger partial charge is 0.223 e. The van der Waals surface area contributed by atoms with Crippen LogP contribution in [-0.4, -0.2) is 43.5 Å². The number of aromatic nitrogens is 4. The summed E-state index contributed by atoms with van der Waals surface area (Å²) < 4.78 is 2.11. The van der Waals surface area contributed by atoms with E-state index in [9.17, 15) is 5.11 Å². The molecule has 1 aliphatic carbocycles. The van der Waals surface area contributed by atoms with Gasteiger partial charge in [-0.3, -0.25) is 0 Å². The number of nitrogens with zero attached hydrogens (tertiary/aromatic N) is 4. The Balaban J connectivity index is 1.56. The summed E-state index contributed by atoms with van der Waals surface area (Å²) in [7, 11) is 0. The number of anilines is 2. The molecule has 26 heavy (non-hydrogen) atoms. The fraction of sp³-hybridized carbons (Fsp3) is 0.632. The maximum absolute atomic E-state index is 9.66. The Bertz CT molecular complexity index is 750. The molecule has 1 fully saturated rings. The van der Waals surface area contributed by atoms with Crippen molar-refractivity contribution < 1.29 is 5.11 Å². The van der Waals surface area contributed by atoms with Crippen LogP contribution in [-0.2, 0) is 0 Å². The van der Waals surface area contributed by atoms with Gasteiger partial charge < -0.3 is 15.7 Å². The first kappa shape index (κ1) is 17.3. The van der Waals surface area contributed by atoms with E-state index < -0.39 is 0 Å². The summed E-state index contributed by atoms with van der Waals surface area (Å²) in [5.74, 6) is 2.26. The van der Waals surface area contributed by atoms with E-state index in [1.807, 2.05) is 12.3 Å². The highest BCUT2D eigenvalue weighted by atomic mass is 16.3. The van der Waals surface area contributed by atoms with Crippen LogP contribution in [0.4, 0.5) is 11.8 Å². The predicted molar refractivity (Wildman–Crippen MR) is 102 cm³/mol. The van der Waals surface area contributed by atoms with Crippen LogP contribution >= 0.6 is 0 Å². The SMILES string of the molecule is CC(C)C1CCNc2c(-c3ccnc(N[C@H]4CC[C@H](O)CC4)n3)cnn21. The van der Waals surface area contributed by atoms with Crippen LogP contribution in [0.15, 0.2) is 18.5 Å². The molecular weight excluding hydrogens is 328 g/mol. The van der Waals surface area contributed by atoms with Crippen molar-refractivity contribution in [3.8, 4) is 11.3 Å². The lowest BCUT2D eigenvalue weighted by molar-refractivity contribution is 0.126. The number of hydrogen-bond acceptors (Lipinski definition) is 6. The van der Waals surface area contributed by atoms with E-state index in [-0.39, 0.29) is 6.10 Å². The van der Waals surface area contributed by atoms with Crippen molar-refractivity contribution in [2.24, 2.45) is 5.92 Å². The molecule has 3 heterocycles. The lowest BCUT2D eigenvalue weighted by Gasteiger charge is -2.29. The molecule has 2 aromatic rings. The molecule has 0 bridgehead atoms. The van der Waals surface area contributed by atoms with Gasteiger partial charge in [0.1, 0.15) is 5.82 Å². The van der Waals surface area contributed by atoms with E-state index in [2.05, 4.69) is 39.2 Å². The van der Waals surface area contributed by atoms with Crippen LogP contribution in [0.5, 0.6) is 0 Å². The van der Waals surface area contributed by atoms with Crippen LogP contribution in [0.25, 0.3) is 11.3 Å². The maximum atomic E-state index is 9.66. The van der Waals surface area contributed by atoms with Crippen molar-refractivity contribution >= 4 is 11.8 Å². The maximum Gasteiger partial charge on any atom is 0.223 e. The van der Waals surface area contributed by atoms with Gasteiger partial charge in [-0.15, -0.1) is 0 Å². The molecule has 1 unspecified atom stereocenters. The van der Waals surface area contributed by atoms with Gasteiger partial charge in [-0.05, 0) is 44.1 Å². The van der Waals surface area contributed by atoms with Crippen LogP contribution in [0.3, 0.4) is 0 Å². The predicted octanol–water partition coefficient (Wildman–Crippen LogP) is 3.07. The molecule has 0 saturated heterocycles. The average molecular weight is 356 g/mol. The fourth-order valence-electron chi connectivity index (χ4n) is 4.03. The summed E-state index contributed by atoms with van der Waals surface area (Å²) in [4.78, 5) is 9.11. The topological polar surface area (TPSA) is 87.9 Å². The zero-order chi connectivity index (χ0) is 18.1. The van der Waals surface area contributed by atoms with E-state index in [1.54, 1.807) is 6.20 Å². The Morgan fingerprint density at radius 1 is 1.23 bits per heavy atom. The van der Waals surface area contributed by atoms with Crippen LogP contribution < -0.4 is 10.6 Å². The Morgan fingerprint density at radius 3 is 2.81 bits per heavy atom. The first-order chi connectivity index (χ1) is 12.6. The minimum atomic E-state index is -0.153. The van der Waals surface area contributed by atoms with Gasteiger partial charge >= 0.3 is 0 Å². The normalized spacial score (nSPS) is 25.6. The lowest BCUT2D eigenvalue weighted by atomic mass is 9.93. The van der Waals surface area contributed by atoms with Crippen molar-refractivity contribution in [1.82, 2.24) is 19.7 Å². The molecule has 1 saturated carbocycles. The summed E-state index contributed by atoms with van der Waals surface area (Å²) in [6.07, 6.45) is 8.24. The van der Waals surface area contributed by atoms with Crippen molar-refractivity contribution in [3.05, 3.63) is 18.5 Å². The molecule has 2 aliphatic rings. The van der Waals surface area contributed by atoms with Crippen molar-refractivity contribution in [3.63, 3.8) is 0 Å². The highest BCUT2D eigenvalue weighted by Crippen LogP contribution is 2.35. The first-order valence-electron chi connectivity index (χ1n) is 9.71. The molecule has 0 spiro atoms. The number of nitrogens with one attached hydrogen (secondary N) is 2. The molecule has 7 nitrogen and oxygen atoms in total. The van der Waals surface area contributed by atoms with Gasteiger partial charge in [0.15, 0.2) is 0 Å². The minimum Gasteiger partial charge on any atom is -0.393 e. The van der Waals surface area contributed by atoms with Gasteiger partial charge in [-0.1, -0.05) is 13.8 Å². The number of aliphatic hydroxyl groups excluding tert-OH is 1. The minimum absolute atomic E-state index is 0.153. The number of hydrogen-bond donors (Lipinski definition) is 3. The lowest BCUT2D eigenvalue weighted by Crippen LogP contribution is -2.29. The molecule has 7 heteroatoms. The third-order valence-electron chi connectivity index (χ3n) is 5.57. The molecule has 0 amide bonds. The molecule has 0 aromatic carbocycles. The standard InChI is InChI=1S/C19H28N6O/c1-12(2)17-8-10-20-18-15(11-22-25(17)18)16-7-9-21-19(24-16)23-13-3-5-14(26)6-4-13/h7,9,11-14,17,20,26H,3-6,8,10H2,1-2H3,(H,21,23,24)/t13-,14-,17?. The first-order valence-corrected chi connectivity index (χ1v) is 9.71. The molecular formula is C19H28N6O. The zero-order valence-electron chi connectivity index (χ0n) is 15.5. The van der Waals surface area contributed by atoms with E-state index in [0.29, 0.717) is 23.9 Å². The van der Waals surface area contributed by atoms with Gasteiger partial charge in [0.25, 0.3) is 0 Å². The van der Waals surface area contributed by atoms with Crippen molar-refractivity contribution in [2.75, 3.05) is 17.2 Å². The molecule has 140 valence electrons. The summed E-state index contributed by atoms with van der Waals surface area (Å²) in [5, 5.41) is 21.2. The number of fused-ring (bicyclic) bond motifs is 1. The van der Waals surface area contributed by atoms with Gasteiger partial charge in [0.2, 0.25) is 5.95 Å².